The molecule has 0 aliphatic heterocycles. The Hall–Kier alpha value is -0.940. The zero-order valence-corrected chi connectivity index (χ0v) is 15.9. The van der Waals surface area contributed by atoms with Crippen LogP contribution in [0.4, 0.5) is 0 Å². The second-order valence-corrected chi connectivity index (χ2v) is 6.35. The zero-order valence-electron chi connectivity index (χ0n) is 12.9. The number of esters is 2. The zero-order chi connectivity index (χ0) is 18.1. The van der Waals surface area contributed by atoms with Gasteiger partial charge in [0.15, 0.2) is 5.75 Å². The Kier molecular flexibility index (Phi) is 9.52. The summed E-state index contributed by atoms with van der Waals surface area (Å²) < 4.78 is 9.93. The van der Waals surface area contributed by atoms with Gasteiger partial charge in [-0.15, -0.1) is 0 Å². The highest BCUT2D eigenvalue weighted by molar-refractivity contribution is 6.48. The van der Waals surface area contributed by atoms with Gasteiger partial charge < -0.3 is 9.47 Å². The minimum absolute atomic E-state index is 0.0497. The van der Waals surface area contributed by atoms with Gasteiger partial charge in [0.05, 0.1) is 16.7 Å². The van der Waals surface area contributed by atoms with Gasteiger partial charge in [-0.2, -0.15) is 0 Å². The number of unbranched alkanes of at least 4 members (excludes halogenated alkanes) is 3. The fraction of sp³-hybridized carbons (Fsp3) is 0.375. The molecule has 0 bridgehead atoms. The van der Waals surface area contributed by atoms with Crippen molar-refractivity contribution in [3.63, 3.8) is 0 Å². The van der Waals surface area contributed by atoms with Crippen LogP contribution < -0.4 is 4.74 Å². The number of carbonyl (C=O) groups excluding carboxylic acids is 2. The van der Waals surface area contributed by atoms with Crippen molar-refractivity contribution >= 4 is 58.3 Å². The van der Waals surface area contributed by atoms with Crippen molar-refractivity contribution in [2.45, 2.75) is 32.6 Å². The molecule has 0 aromatic heterocycles. The van der Waals surface area contributed by atoms with E-state index in [0.717, 1.165) is 37.8 Å². The van der Waals surface area contributed by atoms with Crippen molar-refractivity contribution in [2.75, 3.05) is 6.61 Å². The van der Waals surface area contributed by atoms with Crippen molar-refractivity contribution in [2.24, 2.45) is 0 Å². The van der Waals surface area contributed by atoms with Crippen molar-refractivity contribution < 1.29 is 19.1 Å². The standard InChI is InChI=1S/C16H16Cl4O4/c1-2-3-4-5-8-23-12(21)6-7-13(22)24-16-14(19)10(17)9-11(18)15(16)20/h6-7,9H,2-5,8H2,1H3/b7-6+. The average Bonchev–Trinajstić information content (AvgIpc) is 2.55. The molecule has 0 amide bonds. The van der Waals surface area contributed by atoms with Gasteiger partial charge in [-0.1, -0.05) is 72.6 Å². The molecule has 0 aliphatic rings. The monoisotopic (exact) mass is 412 g/mol. The van der Waals surface area contributed by atoms with Gasteiger partial charge in [0.25, 0.3) is 0 Å². The van der Waals surface area contributed by atoms with Crippen molar-refractivity contribution in [3.05, 3.63) is 38.3 Å². The molecule has 0 aliphatic carbocycles. The van der Waals surface area contributed by atoms with Crippen LogP contribution in [0, 0.1) is 0 Å². The van der Waals surface area contributed by atoms with E-state index in [9.17, 15) is 9.59 Å². The summed E-state index contributed by atoms with van der Waals surface area (Å²) >= 11 is 23.5. The number of ether oxygens (including phenoxy) is 2. The Morgan fingerprint density at radius 1 is 0.958 bits per heavy atom. The normalized spacial score (nSPS) is 10.9. The molecule has 24 heavy (non-hydrogen) atoms. The molecule has 8 heteroatoms. The van der Waals surface area contributed by atoms with Gasteiger partial charge in [0.1, 0.15) is 10.0 Å². The maximum absolute atomic E-state index is 11.7. The van der Waals surface area contributed by atoms with Crippen molar-refractivity contribution in [1.82, 2.24) is 0 Å². The largest absolute Gasteiger partial charge is 0.463 e. The summed E-state index contributed by atoms with van der Waals surface area (Å²) in [6, 6.07) is 1.33. The summed E-state index contributed by atoms with van der Waals surface area (Å²) in [5, 5.41) is 0.0753. The third kappa shape index (κ3) is 6.89. The first-order chi connectivity index (χ1) is 11.4. The Morgan fingerprint density at radius 3 is 2.12 bits per heavy atom. The van der Waals surface area contributed by atoms with Gasteiger partial charge in [-0.05, 0) is 12.5 Å². The van der Waals surface area contributed by atoms with E-state index < -0.39 is 11.9 Å². The number of hydrogen-bond donors (Lipinski definition) is 0. The molecule has 0 spiro atoms. The fourth-order valence-corrected chi connectivity index (χ4v) is 2.53. The molecule has 0 saturated carbocycles. The van der Waals surface area contributed by atoms with E-state index in [2.05, 4.69) is 6.92 Å². The number of carbonyl (C=O) groups is 2. The van der Waals surface area contributed by atoms with Gasteiger partial charge in [-0.3, -0.25) is 0 Å². The van der Waals surface area contributed by atoms with Crippen LogP contribution in [0.15, 0.2) is 18.2 Å². The summed E-state index contributed by atoms with van der Waals surface area (Å²) in [4.78, 5) is 23.2. The second-order valence-electron chi connectivity index (χ2n) is 4.78. The van der Waals surface area contributed by atoms with Crippen LogP contribution in [0.2, 0.25) is 20.1 Å². The van der Waals surface area contributed by atoms with Crippen molar-refractivity contribution in [3.8, 4) is 5.75 Å². The lowest BCUT2D eigenvalue weighted by Gasteiger charge is -2.09. The Labute approximate surface area is 160 Å². The highest BCUT2D eigenvalue weighted by atomic mass is 35.5. The topological polar surface area (TPSA) is 52.6 Å². The van der Waals surface area contributed by atoms with E-state index in [4.69, 9.17) is 55.9 Å². The molecular weight excluding hydrogens is 398 g/mol. The summed E-state index contributed by atoms with van der Waals surface area (Å²) in [6.07, 6.45) is 5.83. The fourth-order valence-electron chi connectivity index (χ4n) is 1.66. The first-order valence-corrected chi connectivity index (χ1v) is 8.77. The molecule has 1 rings (SSSR count). The molecule has 132 valence electrons. The Balaban J connectivity index is 2.56. The van der Waals surface area contributed by atoms with Crippen LogP contribution >= 0.6 is 46.4 Å². The SMILES string of the molecule is CCCCCCOC(=O)/C=C/C(=O)Oc1c(Cl)c(Cl)cc(Cl)c1Cl. The molecule has 0 atom stereocenters. The quantitative estimate of drug-likeness (QED) is 0.175. The third-order valence-electron chi connectivity index (χ3n) is 2.87. The molecule has 0 heterocycles. The minimum atomic E-state index is -0.861. The van der Waals surface area contributed by atoms with Crippen LogP contribution in [-0.4, -0.2) is 18.5 Å². The van der Waals surface area contributed by atoms with E-state index in [1.165, 1.54) is 6.07 Å². The van der Waals surface area contributed by atoms with Gasteiger partial charge in [-0.25, -0.2) is 9.59 Å². The summed E-state index contributed by atoms with van der Waals surface area (Å²) in [6.45, 7) is 2.39. The Morgan fingerprint density at radius 2 is 1.54 bits per heavy atom. The molecule has 0 N–H and O–H groups in total. The van der Waals surface area contributed by atoms with Crippen LogP contribution in [0.25, 0.3) is 0 Å². The maximum atomic E-state index is 11.7. The summed E-state index contributed by atoms with van der Waals surface area (Å²) in [7, 11) is 0. The molecule has 0 radical (unpaired) electrons. The molecule has 0 saturated heterocycles. The number of hydrogen-bond acceptors (Lipinski definition) is 4. The lowest BCUT2D eigenvalue weighted by Crippen LogP contribution is -2.08. The minimum Gasteiger partial charge on any atom is -0.463 e. The van der Waals surface area contributed by atoms with Gasteiger partial charge in [0, 0.05) is 12.2 Å². The lowest BCUT2D eigenvalue weighted by molar-refractivity contribution is -0.138. The van der Waals surface area contributed by atoms with E-state index in [1.54, 1.807) is 0 Å². The third-order valence-corrected chi connectivity index (χ3v) is 4.41. The van der Waals surface area contributed by atoms with Crippen LogP contribution in [0.1, 0.15) is 32.6 Å². The first-order valence-electron chi connectivity index (χ1n) is 7.26. The number of benzene rings is 1. The molecular formula is C16H16Cl4O4. The van der Waals surface area contributed by atoms with E-state index in [-0.39, 0.29) is 25.8 Å². The van der Waals surface area contributed by atoms with Gasteiger partial charge >= 0.3 is 11.9 Å². The van der Waals surface area contributed by atoms with Crippen LogP contribution in [0.3, 0.4) is 0 Å². The smallest absolute Gasteiger partial charge is 0.336 e. The van der Waals surface area contributed by atoms with Gasteiger partial charge in [0.2, 0.25) is 0 Å². The van der Waals surface area contributed by atoms with E-state index >= 15 is 0 Å². The van der Waals surface area contributed by atoms with E-state index in [1.807, 2.05) is 0 Å². The van der Waals surface area contributed by atoms with E-state index in [0.29, 0.717) is 6.61 Å². The predicted octanol–water partition coefficient (Wildman–Crippen LogP) is 5.89. The van der Waals surface area contributed by atoms with Crippen LogP contribution in [-0.2, 0) is 14.3 Å². The molecule has 4 nitrogen and oxygen atoms in total. The average molecular weight is 414 g/mol. The maximum Gasteiger partial charge on any atom is 0.336 e. The molecule has 0 fully saturated rings. The highest BCUT2D eigenvalue weighted by Crippen LogP contribution is 2.42. The summed E-state index contributed by atoms with van der Waals surface area (Å²) in [5.41, 5.74) is 0. The van der Waals surface area contributed by atoms with Crippen molar-refractivity contribution in [1.29, 1.82) is 0 Å². The molecule has 1 aromatic carbocycles. The number of rotatable bonds is 8. The second kappa shape index (κ2) is 10.8. The predicted molar refractivity (Wildman–Crippen MR) is 96.4 cm³/mol. The molecule has 1 aromatic rings. The van der Waals surface area contributed by atoms with Crippen LogP contribution in [0.5, 0.6) is 5.75 Å². The number of halogens is 4. The lowest BCUT2D eigenvalue weighted by atomic mass is 10.2. The summed E-state index contributed by atoms with van der Waals surface area (Å²) in [5.74, 6) is -1.66. The highest BCUT2D eigenvalue weighted by Gasteiger charge is 2.17. The molecule has 0 unspecified atom stereocenters. The first kappa shape index (κ1) is 21.1. The Bertz CT molecular complexity index is 603.